The highest BCUT2D eigenvalue weighted by Gasteiger charge is 2.48. The van der Waals surface area contributed by atoms with Gasteiger partial charge < -0.3 is 24.1 Å². The van der Waals surface area contributed by atoms with Crippen LogP contribution >= 0.6 is 0 Å². The van der Waals surface area contributed by atoms with Crippen LogP contribution < -0.4 is 5.11 Å². The molecular weight excluding hydrogens is 414 g/mol. The summed E-state index contributed by atoms with van der Waals surface area (Å²) in [5.41, 5.74) is 0.0424. The average Bonchev–Trinajstić information content (AvgIpc) is 2.73. The second-order valence-electron chi connectivity index (χ2n) is 8.76. The largest absolute Gasteiger partial charge is 0.544 e. The third-order valence-electron chi connectivity index (χ3n) is 6.63. The van der Waals surface area contributed by atoms with E-state index in [0.717, 1.165) is 11.8 Å². The van der Waals surface area contributed by atoms with Crippen LogP contribution in [0.4, 0.5) is 8.78 Å². The van der Waals surface area contributed by atoms with Crippen LogP contribution in [0.15, 0.2) is 24.3 Å². The number of benzene rings is 1. The molecule has 168 valence electrons. The maximum atomic E-state index is 12.9. The Kier molecular flexibility index (Phi) is 5.96. The van der Waals surface area contributed by atoms with E-state index in [2.05, 4.69) is 4.74 Å². The molecule has 31 heavy (non-hydrogen) atoms. The SMILES string of the molecule is O=C(OCOC1C2CC3CC(C2)CC1C3)c1ccc(C(=O)OCC(F)(F)C(=O)[O-])cc1. The van der Waals surface area contributed by atoms with E-state index in [1.165, 1.54) is 56.4 Å². The molecule has 7 nitrogen and oxygen atoms in total. The first-order chi connectivity index (χ1) is 14.7. The number of halogens is 2. The number of aliphatic carboxylic acids is 1. The lowest BCUT2D eigenvalue weighted by Crippen LogP contribution is -2.49. The first-order valence-electron chi connectivity index (χ1n) is 10.4. The van der Waals surface area contributed by atoms with Crippen molar-refractivity contribution in [3.05, 3.63) is 35.4 Å². The van der Waals surface area contributed by atoms with Crippen molar-refractivity contribution in [2.75, 3.05) is 13.4 Å². The second-order valence-corrected chi connectivity index (χ2v) is 8.76. The molecule has 0 aliphatic heterocycles. The average molecular weight is 437 g/mol. The monoisotopic (exact) mass is 437 g/mol. The van der Waals surface area contributed by atoms with Gasteiger partial charge in [0.2, 0.25) is 0 Å². The van der Waals surface area contributed by atoms with Crippen molar-refractivity contribution in [1.82, 2.24) is 0 Å². The molecule has 9 heteroatoms. The van der Waals surface area contributed by atoms with Crippen molar-refractivity contribution >= 4 is 17.9 Å². The Hall–Kier alpha value is -2.55. The lowest BCUT2D eigenvalue weighted by atomic mass is 9.55. The van der Waals surface area contributed by atoms with Gasteiger partial charge in [0.25, 0.3) is 0 Å². The number of rotatable bonds is 8. The van der Waals surface area contributed by atoms with E-state index in [1.54, 1.807) is 0 Å². The molecule has 4 aliphatic rings. The molecule has 0 atom stereocenters. The molecule has 0 heterocycles. The van der Waals surface area contributed by atoms with Crippen LogP contribution in [0, 0.1) is 23.7 Å². The predicted octanol–water partition coefficient (Wildman–Crippen LogP) is 2.18. The summed E-state index contributed by atoms with van der Waals surface area (Å²) in [7, 11) is 0. The van der Waals surface area contributed by atoms with E-state index in [1.807, 2.05) is 0 Å². The van der Waals surface area contributed by atoms with Crippen molar-refractivity contribution in [3.8, 4) is 0 Å². The van der Waals surface area contributed by atoms with Crippen LogP contribution in [0.2, 0.25) is 0 Å². The fraction of sp³-hybridized carbons (Fsp3) is 0.591. The molecule has 4 saturated carbocycles. The van der Waals surface area contributed by atoms with Crippen molar-refractivity contribution in [2.24, 2.45) is 23.7 Å². The Balaban J connectivity index is 1.24. The number of carboxylic acids is 1. The zero-order valence-corrected chi connectivity index (χ0v) is 16.8. The van der Waals surface area contributed by atoms with E-state index in [-0.39, 0.29) is 24.0 Å². The van der Waals surface area contributed by atoms with Crippen molar-refractivity contribution < 1.29 is 42.5 Å². The minimum Gasteiger partial charge on any atom is -0.544 e. The number of carbonyl (C=O) groups is 3. The molecule has 1 aromatic rings. The van der Waals surface area contributed by atoms with Crippen LogP contribution in [0.3, 0.4) is 0 Å². The molecular formula is C22H23F2O7-. The first-order valence-corrected chi connectivity index (χ1v) is 10.4. The van der Waals surface area contributed by atoms with Gasteiger partial charge in [0.1, 0.15) is 5.97 Å². The summed E-state index contributed by atoms with van der Waals surface area (Å²) in [5, 5.41) is 10.2. The van der Waals surface area contributed by atoms with Gasteiger partial charge in [-0.2, -0.15) is 8.78 Å². The number of alkyl halides is 2. The minimum atomic E-state index is -4.28. The summed E-state index contributed by atoms with van der Waals surface area (Å²) in [6, 6.07) is 4.99. The van der Waals surface area contributed by atoms with Gasteiger partial charge in [-0.15, -0.1) is 0 Å². The number of esters is 2. The Morgan fingerprint density at radius 3 is 1.84 bits per heavy atom. The lowest BCUT2D eigenvalue weighted by Gasteiger charge is -2.53. The van der Waals surface area contributed by atoms with Gasteiger partial charge in [-0.1, -0.05) is 0 Å². The van der Waals surface area contributed by atoms with Gasteiger partial charge in [0, 0.05) is 0 Å². The number of carbonyl (C=O) groups excluding carboxylic acids is 3. The summed E-state index contributed by atoms with van der Waals surface area (Å²) in [4.78, 5) is 34.2. The number of carboxylic acid groups (broad SMARTS) is 1. The third kappa shape index (κ3) is 4.71. The molecule has 0 unspecified atom stereocenters. The topological polar surface area (TPSA) is 102 Å². The highest BCUT2D eigenvalue weighted by molar-refractivity contribution is 5.93. The Morgan fingerprint density at radius 2 is 1.35 bits per heavy atom. The van der Waals surface area contributed by atoms with E-state index in [4.69, 9.17) is 9.47 Å². The van der Waals surface area contributed by atoms with Gasteiger partial charge in [-0.05, 0) is 80.0 Å². The maximum absolute atomic E-state index is 12.9. The van der Waals surface area contributed by atoms with Crippen LogP contribution in [0.5, 0.6) is 0 Å². The van der Waals surface area contributed by atoms with Gasteiger partial charge in [-0.25, -0.2) is 9.59 Å². The molecule has 0 spiro atoms. The molecule has 0 radical (unpaired) electrons. The molecule has 0 amide bonds. The van der Waals surface area contributed by atoms with Crippen LogP contribution in [-0.4, -0.2) is 43.3 Å². The fourth-order valence-electron chi connectivity index (χ4n) is 5.44. The summed E-state index contributed by atoms with van der Waals surface area (Å²) in [6.45, 7) is -1.78. The highest BCUT2D eigenvalue weighted by atomic mass is 19.3. The predicted molar refractivity (Wildman–Crippen MR) is 98.9 cm³/mol. The van der Waals surface area contributed by atoms with E-state index in [0.29, 0.717) is 11.8 Å². The quantitative estimate of drug-likeness (QED) is 0.454. The van der Waals surface area contributed by atoms with E-state index < -0.39 is 30.4 Å². The van der Waals surface area contributed by atoms with Gasteiger partial charge in [-0.3, -0.25) is 0 Å². The Morgan fingerprint density at radius 1 is 0.871 bits per heavy atom. The molecule has 0 N–H and O–H groups in total. The van der Waals surface area contributed by atoms with Gasteiger partial charge in [0.15, 0.2) is 13.4 Å². The molecule has 1 aromatic carbocycles. The standard InChI is InChI=1S/C22H24F2O7/c23-22(24,21(27)28)10-29-19(25)14-1-3-15(4-2-14)20(26)31-11-30-18-16-6-12-5-13(8-16)9-17(18)7-12/h1-4,12-13,16-18H,5-11H2,(H,27,28)/p-1. The minimum absolute atomic E-state index is 0.115. The van der Waals surface area contributed by atoms with Crippen LogP contribution in [-0.2, 0) is 19.0 Å². The zero-order chi connectivity index (χ0) is 22.2. The zero-order valence-electron chi connectivity index (χ0n) is 16.8. The molecule has 4 fully saturated rings. The molecule has 4 aliphatic carbocycles. The molecule has 0 aromatic heterocycles. The molecule has 4 bridgehead atoms. The smallest absolute Gasteiger partial charge is 0.340 e. The summed E-state index contributed by atoms with van der Waals surface area (Å²) < 4.78 is 41.3. The van der Waals surface area contributed by atoms with Crippen molar-refractivity contribution in [1.29, 1.82) is 0 Å². The van der Waals surface area contributed by atoms with Crippen LogP contribution in [0.1, 0.15) is 52.8 Å². The van der Waals surface area contributed by atoms with Crippen molar-refractivity contribution in [2.45, 2.75) is 44.1 Å². The van der Waals surface area contributed by atoms with Crippen LogP contribution in [0.25, 0.3) is 0 Å². The summed E-state index contributed by atoms with van der Waals surface area (Å²) in [6.07, 6.45) is 6.25. The first kappa shape index (κ1) is 21.7. The fourth-order valence-corrected chi connectivity index (χ4v) is 5.44. The summed E-state index contributed by atoms with van der Waals surface area (Å²) >= 11 is 0. The summed E-state index contributed by atoms with van der Waals surface area (Å²) in [5.74, 6) is -5.96. The van der Waals surface area contributed by atoms with Gasteiger partial charge in [0.05, 0.1) is 17.2 Å². The Labute approximate surface area is 177 Å². The maximum Gasteiger partial charge on any atom is 0.340 e. The molecule has 0 saturated heterocycles. The van der Waals surface area contributed by atoms with Crippen molar-refractivity contribution in [3.63, 3.8) is 0 Å². The van der Waals surface area contributed by atoms with Gasteiger partial charge >= 0.3 is 17.9 Å². The Bertz CT molecular complexity index is 824. The highest BCUT2D eigenvalue weighted by Crippen LogP contribution is 2.54. The third-order valence-corrected chi connectivity index (χ3v) is 6.63. The second kappa shape index (κ2) is 8.53. The number of hydrogen-bond acceptors (Lipinski definition) is 7. The number of ether oxygens (including phenoxy) is 3. The number of hydrogen-bond donors (Lipinski definition) is 0. The normalized spacial score (nSPS) is 28.9. The van der Waals surface area contributed by atoms with E-state index >= 15 is 0 Å². The van der Waals surface area contributed by atoms with E-state index in [9.17, 15) is 28.3 Å². The molecule has 5 rings (SSSR count). The lowest BCUT2D eigenvalue weighted by molar-refractivity contribution is -0.331.